The number of amides is 1. The first-order valence-corrected chi connectivity index (χ1v) is 11.4. The van der Waals surface area contributed by atoms with Crippen molar-refractivity contribution in [1.29, 1.82) is 0 Å². The van der Waals surface area contributed by atoms with Crippen molar-refractivity contribution in [2.45, 2.75) is 12.8 Å². The molecule has 180 valence electrons. The van der Waals surface area contributed by atoms with Crippen LogP contribution in [-0.4, -0.2) is 50.4 Å². The molecule has 1 aliphatic heterocycles. The second-order valence-electron chi connectivity index (χ2n) is 8.41. The van der Waals surface area contributed by atoms with Gasteiger partial charge in [0.25, 0.3) is 5.91 Å². The molecular weight excluding hydrogens is 481 g/mol. The van der Waals surface area contributed by atoms with Crippen LogP contribution in [0.3, 0.4) is 0 Å². The van der Waals surface area contributed by atoms with Gasteiger partial charge in [-0.2, -0.15) is 0 Å². The van der Waals surface area contributed by atoms with E-state index in [1.165, 1.54) is 11.1 Å². The van der Waals surface area contributed by atoms with Crippen molar-refractivity contribution in [2.24, 2.45) is 5.92 Å². The van der Waals surface area contributed by atoms with Crippen LogP contribution < -0.4 is 5.32 Å². The number of carbonyl (C=O) groups is 1. The monoisotopic (exact) mass is 500 g/mol. The summed E-state index contributed by atoms with van der Waals surface area (Å²) in [5, 5.41) is 4.19. The van der Waals surface area contributed by atoms with Gasteiger partial charge in [-0.1, -0.05) is 11.6 Å². The van der Waals surface area contributed by atoms with Gasteiger partial charge in [0, 0.05) is 49.0 Å². The van der Waals surface area contributed by atoms with E-state index in [2.05, 4.69) is 25.3 Å². The van der Waals surface area contributed by atoms with Crippen LogP contribution in [0.15, 0.2) is 42.9 Å². The van der Waals surface area contributed by atoms with Crippen LogP contribution in [0.4, 0.5) is 19.0 Å². The van der Waals surface area contributed by atoms with Gasteiger partial charge >= 0.3 is 0 Å². The van der Waals surface area contributed by atoms with E-state index in [1.54, 1.807) is 12.3 Å². The number of nitrogens with zero attached hydrogens (tertiary/aromatic N) is 4. The summed E-state index contributed by atoms with van der Waals surface area (Å²) in [4.78, 5) is 30.0. The minimum atomic E-state index is -0.889. The van der Waals surface area contributed by atoms with Gasteiger partial charge in [-0.3, -0.25) is 4.79 Å². The third kappa shape index (κ3) is 4.79. The number of halogens is 4. The second-order valence-corrected chi connectivity index (χ2v) is 8.84. The normalized spacial score (nSPS) is 16.0. The zero-order valence-corrected chi connectivity index (χ0v) is 19.1. The van der Waals surface area contributed by atoms with E-state index in [4.69, 9.17) is 11.6 Å². The Kier molecular flexibility index (Phi) is 6.29. The smallest absolute Gasteiger partial charge is 0.256 e. The first-order valence-electron chi connectivity index (χ1n) is 11.0. The van der Waals surface area contributed by atoms with Crippen molar-refractivity contribution >= 4 is 34.4 Å². The summed E-state index contributed by atoms with van der Waals surface area (Å²) in [5.74, 6) is -2.40. The molecule has 2 N–H and O–H groups in total. The lowest BCUT2D eigenvalue weighted by Gasteiger charge is -2.33. The number of piperidine rings is 1. The molecule has 4 heterocycles. The standard InChI is InChI=1S/C24H20ClF3N6O/c25-14-6-17-18(10-31-21(17)30-9-14)22-32-11-20(28)23(33-22)29-8-13-2-1-5-34(12-13)24(35)16-4-3-15(26)7-19(16)27/h3-4,6-7,9-11,13H,1-2,5,8,12H2,(H,30,31)(H,29,32,33)/t13-/m0/s1. The number of hydrogen-bond acceptors (Lipinski definition) is 5. The Morgan fingerprint density at radius 3 is 2.86 bits per heavy atom. The quantitative estimate of drug-likeness (QED) is 0.400. The van der Waals surface area contributed by atoms with Crippen LogP contribution in [0.2, 0.25) is 5.02 Å². The molecule has 35 heavy (non-hydrogen) atoms. The van der Waals surface area contributed by atoms with Crippen LogP contribution in [0.1, 0.15) is 23.2 Å². The molecule has 0 radical (unpaired) electrons. The molecule has 5 rings (SSSR count). The average molecular weight is 501 g/mol. The predicted octanol–water partition coefficient (Wildman–Crippen LogP) is 5.05. The second kappa shape index (κ2) is 9.53. The summed E-state index contributed by atoms with van der Waals surface area (Å²) in [6.07, 6.45) is 5.81. The molecule has 1 aliphatic rings. The molecule has 0 bridgehead atoms. The molecule has 1 amide bonds. The van der Waals surface area contributed by atoms with Crippen LogP contribution in [0.25, 0.3) is 22.4 Å². The predicted molar refractivity (Wildman–Crippen MR) is 126 cm³/mol. The van der Waals surface area contributed by atoms with E-state index in [0.717, 1.165) is 24.8 Å². The molecule has 0 saturated carbocycles. The number of likely N-dealkylation sites (tertiary alicyclic amines) is 1. The molecular formula is C24H20ClF3N6O. The highest BCUT2D eigenvalue weighted by Gasteiger charge is 2.26. The van der Waals surface area contributed by atoms with Crippen molar-refractivity contribution in [3.63, 3.8) is 0 Å². The van der Waals surface area contributed by atoms with Crippen molar-refractivity contribution in [3.8, 4) is 11.4 Å². The highest BCUT2D eigenvalue weighted by molar-refractivity contribution is 6.31. The number of benzene rings is 1. The lowest BCUT2D eigenvalue weighted by Crippen LogP contribution is -2.42. The lowest BCUT2D eigenvalue weighted by molar-refractivity contribution is 0.0675. The van der Waals surface area contributed by atoms with E-state index in [9.17, 15) is 18.0 Å². The van der Waals surface area contributed by atoms with Crippen molar-refractivity contribution in [3.05, 3.63) is 70.9 Å². The number of nitrogens with one attached hydrogen (secondary N) is 2. The maximum Gasteiger partial charge on any atom is 0.256 e. The third-order valence-corrected chi connectivity index (χ3v) is 6.22. The van der Waals surface area contributed by atoms with Gasteiger partial charge in [0.2, 0.25) is 0 Å². The first kappa shape index (κ1) is 23.1. The topological polar surface area (TPSA) is 86.8 Å². The van der Waals surface area contributed by atoms with Crippen molar-refractivity contribution in [2.75, 3.05) is 25.0 Å². The molecule has 4 aromatic rings. The highest BCUT2D eigenvalue weighted by atomic mass is 35.5. The summed E-state index contributed by atoms with van der Waals surface area (Å²) >= 11 is 6.06. The van der Waals surface area contributed by atoms with Gasteiger partial charge < -0.3 is 15.2 Å². The molecule has 7 nitrogen and oxygen atoms in total. The number of aromatic amines is 1. The average Bonchev–Trinajstić information content (AvgIpc) is 3.26. The maximum atomic E-state index is 14.5. The number of fused-ring (bicyclic) bond motifs is 1. The molecule has 0 spiro atoms. The van der Waals surface area contributed by atoms with Crippen molar-refractivity contribution in [1.82, 2.24) is 24.8 Å². The van der Waals surface area contributed by atoms with Gasteiger partial charge in [-0.05, 0) is 37.0 Å². The molecule has 0 aliphatic carbocycles. The highest BCUT2D eigenvalue weighted by Crippen LogP contribution is 2.28. The maximum absolute atomic E-state index is 14.5. The van der Waals surface area contributed by atoms with E-state index in [-0.39, 0.29) is 17.3 Å². The van der Waals surface area contributed by atoms with E-state index in [1.807, 2.05) is 0 Å². The van der Waals surface area contributed by atoms with Crippen LogP contribution in [-0.2, 0) is 0 Å². The van der Waals surface area contributed by atoms with E-state index < -0.39 is 23.4 Å². The number of H-pyrrole nitrogens is 1. The summed E-state index contributed by atoms with van der Waals surface area (Å²) in [5.41, 5.74) is 1.07. The molecule has 1 saturated heterocycles. The van der Waals surface area contributed by atoms with E-state index >= 15 is 0 Å². The zero-order chi connectivity index (χ0) is 24.5. The number of carbonyl (C=O) groups excluding carboxylic acids is 1. The Morgan fingerprint density at radius 2 is 2.03 bits per heavy atom. The molecule has 3 aromatic heterocycles. The Balaban J connectivity index is 1.29. The van der Waals surface area contributed by atoms with Gasteiger partial charge in [0.05, 0.1) is 16.8 Å². The van der Waals surface area contributed by atoms with Gasteiger partial charge in [-0.25, -0.2) is 28.1 Å². The Labute approximate surface area is 203 Å². The van der Waals surface area contributed by atoms with Crippen LogP contribution in [0.5, 0.6) is 0 Å². The van der Waals surface area contributed by atoms with Gasteiger partial charge in [0.1, 0.15) is 17.3 Å². The summed E-state index contributed by atoms with van der Waals surface area (Å²) in [7, 11) is 0. The molecule has 11 heteroatoms. The number of hydrogen-bond donors (Lipinski definition) is 2. The number of aromatic nitrogens is 4. The molecule has 0 unspecified atom stereocenters. The number of anilines is 1. The number of pyridine rings is 1. The molecule has 1 fully saturated rings. The molecule has 1 atom stereocenters. The Hall–Kier alpha value is -3.66. The van der Waals surface area contributed by atoms with Crippen molar-refractivity contribution < 1.29 is 18.0 Å². The summed E-state index contributed by atoms with van der Waals surface area (Å²) in [6.45, 7) is 1.18. The Morgan fingerprint density at radius 1 is 1.17 bits per heavy atom. The fourth-order valence-corrected chi connectivity index (χ4v) is 4.43. The Bertz CT molecular complexity index is 1410. The summed E-state index contributed by atoms with van der Waals surface area (Å²) < 4.78 is 41.8. The number of rotatable bonds is 5. The minimum Gasteiger partial charge on any atom is -0.367 e. The first-order chi connectivity index (χ1) is 16.9. The lowest BCUT2D eigenvalue weighted by atomic mass is 9.97. The fourth-order valence-electron chi connectivity index (χ4n) is 4.27. The zero-order valence-electron chi connectivity index (χ0n) is 18.4. The van der Waals surface area contributed by atoms with Gasteiger partial charge in [0.15, 0.2) is 17.5 Å². The fraction of sp³-hybridized carbons (Fsp3) is 0.250. The van der Waals surface area contributed by atoms with Crippen LogP contribution >= 0.6 is 11.6 Å². The van der Waals surface area contributed by atoms with Crippen LogP contribution in [0, 0.1) is 23.4 Å². The van der Waals surface area contributed by atoms with E-state index in [0.29, 0.717) is 59.6 Å². The summed E-state index contributed by atoms with van der Waals surface area (Å²) in [6, 6.07) is 4.64. The molecule has 1 aromatic carbocycles. The third-order valence-electron chi connectivity index (χ3n) is 6.01. The minimum absolute atomic E-state index is 0.00915. The largest absolute Gasteiger partial charge is 0.367 e. The SMILES string of the molecule is O=C(c1ccc(F)cc1F)N1CCC[C@@H](CNc2nc(-c3c[nH]c4ncc(Cl)cc34)ncc2F)C1. The van der Waals surface area contributed by atoms with Gasteiger partial charge in [-0.15, -0.1) is 0 Å².